The first-order valence-electron chi connectivity index (χ1n) is 10.7. The molecule has 34 heavy (non-hydrogen) atoms. The molecule has 0 aliphatic carbocycles. The molecule has 1 aromatic carbocycles. The zero-order chi connectivity index (χ0) is 24.9. The summed E-state index contributed by atoms with van der Waals surface area (Å²) in [4.78, 5) is 52.0. The van der Waals surface area contributed by atoms with E-state index in [0.29, 0.717) is 33.7 Å². The maximum absolute atomic E-state index is 13.0. The minimum atomic E-state index is -1.01. The van der Waals surface area contributed by atoms with E-state index in [1.807, 2.05) is 0 Å². The highest BCUT2D eigenvalue weighted by Crippen LogP contribution is 2.22. The summed E-state index contributed by atoms with van der Waals surface area (Å²) in [5, 5.41) is 8.13. The minimum Gasteiger partial charge on any atom is -0.370 e. The van der Waals surface area contributed by atoms with Crippen molar-refractivity contribution in [3.63, 3.8) is 0 Å². The van der Waals surface area contributed by atoms with Crippen molar-refractivity contribution in [1.82, 2.24) is 10.6 Å². The summed E-state index contributed by atoms with van der Waals surface area (Å²) >= 11 is 7.00. The number of amides is 4. The lowest BCUT2D eigenvalue weighted by molar-refractivity contribution is -0.132. The summed E-state index contributed by atoms with van der Waals surface area (Å²) in [5.74, 6) is -1.34. The Labute approximate surface area is 206 Å². The normalized spacial score (nSPS) is 14.9. The highest BCUT2D eigenvalue weighted by molar-refractivity contribution is 7.18. The topological polar surface area (TPSA) is 117 Å². The Morgan fingerprint density at radius 2 is 1.85 bits per heavy atom. The number of nitrogens with one attached hydrogen (secondary N) is 3. The van der Waals surface area contributed by atoms with Crippen LogP contribution in [0.25, 0.3) is 0 Å². The number of rotatable bonds is 7. The standard InChI is InChI=1S/C23H27ClN4O5S/c1-23(2,3)22(32)27-16(12-25-21(31)17-8-9-18(24)34-17)20(30)26-14-4-6-15(7-5-14)28-10-11-33-13-19(28)29/h4-9,16H,10-13H2,1-3H3,(H,25,31)(H,26,30)(H,27,32)/t16-/m0/s1. The molecule has 3 rings (SSSR count). The van der Waals surface area contributed by atoms with E-state index in [4.69, 9.17) is 16.3 Å². The third-order valence-electron chi connectivity index (χ3n) is 5.00. The monoisotopic (exact) mass is 506 g/mol. The molecule has 1 atom stereocenters. The van der Waals surface area contributed by atoms with Gasteiger partial charge in [-0.3, -0.25) is 19.2 Å². The molecule has 0 radical (unpaired) electrons. The lowest BCUT2D eigenvalue weighted by Gasteiger charge is -2.27. The first-order valence-corrected chi connectivity index (χ1v) is 11.9. The van der Waals surface area contributed by atoms with Crippen LogP contribution in [-0.4, -0.2) is 56.0 Å². The molecular weight excluding hydrogens is 480 g/mol. The van der Waals surface area contributed by atoms with E-state index in [2.05, 4.69) is 16.0 Å². The second kappa shape index (κ2) is 11.0. The Hall–Kier alpha value is -2.95. The molecule has 1 aliphatic heterocycles. The molecule has 2 heterocycles. The Morgan fingerprint density at radius 1 is 1.15 bits per heavy atom. The third kappa shape index (κ3) is 6.78. The van der Waals surface area contributed by atoms with Crippen molar-refractivity contribution in [1.29, 1.82) is 0 Å². The van der Waals surface area contributed by atoms with Gasteiger partial charge in [0.1, 0.15) is 12.6 Å². The van der Waals surface area contributed by atoms with Crippen LogP contribution in [-0.2, 0) is 19.1 Å². The van der Waals surface area contributed by atoms with Gasteiger partial charge in [-0.05, 0) is 36.4 Å². The molecule has 1 aliphatic rings. The number of anilines is 2. The van der Waals surface area contributed by atoms with Crippen LogP contribution in [0.1, 0.15) is 30.4 Å². The highest BCUT2D eigenvalue weighted by Gasteiger charge is 2.28. The molecule has 182 valence electrons. The van der Waals surface area contributed by atoms with E-state index in [9.17, 15) is 19.2 Å². The van der Waals surface area contributed by atoms with Crippen LogP contribution in [0.5, 0.6) is 0 Å². The zero-order valence-corrected chi connectivity index (χ0v) is 20.7. The van der Waals surface area contributed by atoms with Gasteiger partial charge in [-0.2, -0.15) is 0 Å². The van der Waals surface area contributed by atoms with Gasteiger partial charge in [0.05, 0.1) is 15.8 Å². The number of carbonyl (C=O) groups excluding carboxylic acids is 4. The van der Waals surface area contributed by atoms with E-state index < -0.39 is 17.4 Å². The number of benzene rings is 1. The van der Waals surface area contributed by atoms with E-state index in [1.165, 1.54) is 0 Å². The Bertz CT molecular complexity index is 1060. The van der Waals surface area contributed by atoms with Crippen molar-refractivity contribution in [2.24, 2.45) is 5.41 Å². The van der Waals surface area contributed by atoms with Crippen molar-refractivity contribution in [2.75, 3.05) is 36.5 Å². The lowest BCUT2D eigenvalue weighted by Crippen LogP contribution is -2.53. The second-order valence-corrected chi connectivity index (χ2v) is 10.4. The van der Waals surface area contributed by atoms with Gasteiger partial charge in [0.15, 0.2) is 0 Å². The number of ether oxygens (including phenoxy) is 1. The Morgan fingerprint density at radius 3 is 2.44 bits per heavy atom. The fraction of sp³-hybridized carbons (Fsp3) is 0.391. The molecule has 4 amide bonds. The molecule has 0 unspecified atom stereocenters. The number of thiophene rings is 1. The van der Waals surface area contributed by atoms with Crippen molar-refractivity contribution in [3.05, 3.63) is 45.6 Å². The summed E-state index contributed by atoms with van der Waals surface area (Å²) in [7, 11) is 0. The number of morpholine rings is 1. The number of halogens is 1. The smallest absolute Gasteiger partial charge is 0.261 e. The predicted octanol–water partition coefficient (Wildman–Crippen LogP) is 2.66. The van der Waals surface area contributed by atoms with Crippen LogP contribution >= 0.6 is 22.9 Å². The molecule has 1 saturated heterocycles. The summed E-state index contributed by atoms with van der Waals surface area (Å²) in [6.07, 6.45) is 0. The number of hydrogen-bond donors (Lipinski definition) is 3. The quantitative estimate of drug-likeness (QED) is 0.533. The van der Waals surface area contributed by atoms with E-state index in [-0.39, 0.29) is 30.9 Å². The molecule has 0 spiro atoms. The van der Waals surface area contributed by atoms with E-state index in [0.717, 1.165) is 11.3 Å². The van der Waals surface area contributed by atoms with Gasteiger partial charge in [0.25, 0.3) is 11.8 Å². The first-order chi connectivity index (χ1) is 16.0. The highest BCUT2D eigenvalue weighted by atomic mass is 35.5. The van der Waals surface area contributed by atoms with Gasteiger partial charge in [-0.1, -0.05) is 32.4 Å². The van der Waals surface area contributed by atoms with Crippen LogP contribution in [0.4, 0.5) is 11.4 Å². The average molecular weight is 507 g/mol. The molecule has 1 aromatic heterocycles. The van der Waals surface area contributed by atoms with Gasteiger partial charge >= 0.3 is 0 Å². The fourth-order valence-corrected chi connectivity index (χ4v) is 4.01. The van der Waals surface area contributed by atoms with E-state index in [1.54, 1.807) is 62.1 Å². The summed E-state index contributed by atoms with van der Waals surface area (Å²) in [6, 6.07) is 8.99. The number of hydrogen-bond acceptors (Lipinski definition) is 6. The summed E-state index contributed by atoms with van der Waals surface area (Å²) < 4.78 is 5.62. The van der Waals surface area contributed by atoms with Crippen molar-refractivity contribution >= 4 is 57.9 Å². The molecule has 2 aromatic rings. The van der Waals surface area contributed by atoms with Crippen LogP contribution in [0.15, 0.2) is 36.4 Å². The molecule has 3 N–H and O–H groups in total. The van der Waals surface area contributed by atoms with Crippen LogP contribution in [0.3, 0.4) is 0 Å². The molecule has 1 fully saturated rings. The Kier molecular flexibility index (Phi) is 8.29. The van der Waals surface area contributed by atoms with Gasteiger partial charge in [-0.25, -0.2) is 0 Å². The zero-order valence-electron chi connectivity index (χ0n) is 19.1. The van der Waals surface area contributed by atoms with Crippen LogP contribution in [0, 0.1) is 5.41 Å². The molecular formula is C23H27ClN4O5S. The second-order valence-electron chi connectivity index (χ2n) is 8.72. The van der Waals surface area contributed by atoms with Crippen molar-refractivity contribution in [2.45, 2.75) is 26.8 Å². The first kappa shape index (κ1) is 25.7. The molecule has 11 heteroatoms. The Balaban J connectivity index is 1.67. The van der Waals surface area contributed by atoms with Gasteiger partial charge in [-0.15, -0.1) is 11.3 Å². The minimum absolute atomic E-state index is 0.0387. The number of carbonyl (C=O) groups is 4. The van der Waals surface area contributed by atoms with Gasteiger partial charge in [0, 0.05) is 29.9 Å². The summed E-state index contributed by atoms with van der Waals surface area (Å²) in [6.45, 7) is 6.04. The van der Waals surface area contributed by atoms with Gasteiger partial charge in [0.2, 0.25) is 11.8 Å². The molecule has 0 saturated carbocycles. The van der Waals surface area contributed by atoms with Crippen LogP contribution in [0.2, 0.25) is 4.34 Å². The van der Waals surface area contributed by atoms with Crippen LogP contribution < -0.4 is 20.9 Å². The third-order valence-corrected chi connectivity index (χ3v) is 6.23. The fourth-order valence-electron chi connectivity index (χ4n) is 3.05. The molecule has 0 bridgehead atoms. The predicted molar refractivity (Wildman–Crippen MR) is 131 cm³/mol. The summed E-state index contributed by atoms with van der Waals surface area (Å²) in [5.41, 5.74) is 0.461. The largest absolute Gasteiger partial charge is 0.370 e. The maximum atomic E-state index is 13.0. The average Bonchev–Trinajstić information content (AvgIpc) is 3.23. The lowest BCUT2D eigenvalue weighted by atomic mass is 9.95. The number of nitrogens with zero attached hydrogens (tertiary/aromatic N) is 1. The maximum Gasteiger partial charge on any atom is 0.261 e. The van der Waals surface area contributed by atoms with Crippen molar-refractivity contribution in [3.8, 4) is 0 Å². The van der Waals surface area contributed by atoms with Crippen molar-refractivity contribution < 1.29 is 23.9 Å². The van der Waals surface area contributed by atoms with Gasteiger partial charge < -0.3 is 25.6 Å². The SMILES string of the molecule is CC(C)(C)C(=O)N[C@@H](CNC(=O)c1ccc(Cl)s1)C(=O)Nc1ccc(N2CCOCC2=O)cc1. The molecule has 9 nitrogen and oxygen atoms in total. The van der Waals surface area contributed by atoms with E-state index >= 15 is 0 Å².